The maximum Gasteiger partial charge on any atom is 0.313 e. The zero-order valence-electron chi connectivity index (χ0n) is 13.4. The third-order valence-corrected chi connectivity index (χ3v) is 3.06. The van der Waals surface area contributed by atoms with Crippen molar-refractivity contribution in [1.82, 2.24) is 0 Å². The van der Waals surface area contributed by atoms with Gasteiger partial charge in [-0.25, -0.2) is 0 Å². The molecule has 0 saturated heterocycles. The lowest BCUT2D eigenvalue weighted by atomic mass is 9.97. The van der Waals surface area contributed by atoms with Gasteiger partial charge in [-0.3, -0.25) is 9.59 Å². The molecular formula is C17H24O4. The van der Waals surface area contributed by atoms with Crippen LogP contribution in [-0.2, 0) is 25.5 Å². The smallest absolute Gasteiger partial charge is 0.313 e. The summed E-state index contributed by atoms with van der Waals surface area (Å²) in [5, 5.41) is 0. The van der Waals surface area contributed by atoms with Crippen LogP contribution in [0.15, 0.2) is 24.3 Å². The summed E-state index contributed by atoms with van der Waals surface area (Å²) in [4.78, 5) is 23.3. The quantitative estimate of drug-likeness (QED) is 0.782. The van der Waals surface area contributed by atoms with Gasteiger partial charge < -0.3 is 9.47 Å². The van der Waals surface area contributed by atoms with Gasteiger partial charge in [-0.15, -0.1) is 0 Å². The van der Waals surface area contributed by atoms with Crippen molar-refractivity contribution >= 4 is 11.9 Å². The maximum atomic E-state index is 12.1. The van der Waals surface area contributed by atoms with Crippen molar-refractivity contribution in [3.63, 3.8) is 0 Å². The highest BCUT2D eigenvalue weighted by Gasteiger charge is 2.23. The summed E-state index contributed by atoms with van der Waals surface area (Å²) in [7, 11) is 1.38. The Labute approximate surface area is 126 Å². The van der Waals surface area contributed by atoms with Crippen molar-refractivity contribution < 1.29 is 19.1 Å². The molecule has 0 unspecified atom stereocenters. The Kier molecular flexibility index (Phi) is 5.94. The summed E-state index contributed by atoms with van der Waals surface area (Å²) in [6.07, 6.45) is 0.933. The van der Waals surface area contributed by atoms with E-state index in [-0.39, 0.29) is 17.9 Å². The summed E-state index contributed by atoms with van der Waals surface area (Å²) in [5.41, 5.74) is 1.41. The van der Waals surface area contributed by atoms with Crippen molar-refractivity contribution in [1.29, 1.82) is 0 Å². The molecule has 4 heteroatoms. The molecule has 4 nitrogen and oxygen atoms in total. The Morgan fingerprint density at radius 1 is 1.24 bits per heavy atom. The van der Waals surface area contributed by atoms with E-state index in [1.807, 2.05) is 52.0 Å². The average molecular weight is 292 g/mol. The van der Waals surface area contributed by atoms with Crippen LogP contribution in [0.2, 0.25) is 0 Å². The zero-order chi connectivity index (χ0) is 16.0. The molecule has 0 N–H and O–H groups in total. The van der Waals surface area contributed by atoms with Gasteiger partial charge in [0.1, 0.15) is 5.60 Å². The van der Waals surface area contributed by atoms with E-state index in [0.717, 1.165) is 11.1 Å². The van der Waals surface area contributed by atoms with Crippen molar-refractivity contribution in [3.05, 3.63) is 35.4 Å². The molecule has 0 heterocycles. The van der Waals surface area contributed by atoms with Crippen LogP contribution < -0.4 is 0 Å². The van der Waals surface area contributed by atoms with Crippen LogP contribution in [0.3, 0.4) is 0 Å². The number of benzene rings is 1. The molecule has 0 bridgehead atoms. The zero-order valence-corrected chi connectivity index (χ0v) is 13.4. The van der Waals surface area contributed by atoms with Crippen LogP contribution in [-0.4, -0.2) is 24.6 Å². The highest BCUT2D eigenvalue weighted by atomic mass is 16.6. The number of aryl methyl sites for hydroxylation is 1. The molecule has 21 heavy (non-hydrogen) atoms. The first kappa shape index (κ1) is 17.2. The van der Waals surface area contributed by atoms with Crippen molar-refractivity contribution in [2.75, 3.05) is 7.11 Å². The Hall–Kier alpha value is -1.84. The van der Waals surface area contributed by atoms with Crippen molar-refractivity contribution in [2.24, 2.45) is 0 Å². The van der Waals surface area contributed by atoms with E-state index < -0.39 is 5.60 Å². The minimum absolute atomic E-state index is 0.236. The molecule has 0 spiro atoms. The molecule has 0 saturated carbocycles. The van der Waals surface area contributed by atoms with Crippen LogP contribution in [0.1, 0.15) is 51.2 Å². The van der Waals surface area contributed by atoms with E-state index in [1.54, 1.807) is 0 Å². The van der Waals surface area contributed by atoms with E-state index in [1.165, 1.54) is 7.11 Å². The first-order valence-electron chi connectivity index (χ1n) is 7.11. The number of rotatable bonds is 5. The van der Waals surface area contributed by atoms with Gasteiger partial charge in [0.25, 0.3) is 0 Å². The van der Waals surface area contributed by atoms with Crippen molar-refractivity contribution in [2.45, 2.75) is 52.1 Å². The molecule has 0 aromatic heterocycles. The summed E-state index contributed by atoms with van der Waals surface area (Å²) < 4.78 is 10.0. The molecule has 116 valence electrons. The van der Waals surface area contributed by atoms with Gasteiger partial charge >= 0.3 is 11.9 Å². The second-order valence-electron chi connectivity index (χ2n) is 6.08. The van der Waals surface area contributed by atoms with E-state index >= 15 is 0 Å². The Bertz CT molecular complexity index is 500. The molecule has 0 radical (unpaired) electrons. The number of esters is 2. The molecule has 0 aliphatic carbocycles. The van der Waals surface area contributed by atoms with Crippen LogP contribution >= 0.6 is 0 Å². The Balaban J connectivity index is 2.75. The van der Waals surface area contributed by atoms with Gasteiger partial charge in [0.15, 0.2) is 0 Å². The SMILES string of the molecule is COC(=O)CCc1cccc([C@H](C)C(=O)OC(C)(C)C)c1. The Morgan fingerprint density at radius 2 is 1.90 bits per heavy atom. The van der Waals surface area contributed by atoms with Crippen LogP contribution in [0.5, 0.6) is 0 Å². The second kappa shape index (κ2) is 7.25. The lowest BCUT2D eigenvalue weighted by molar-refractivity contribution is -0.156. The molecule has 0 aliphatic heterocycles. The highest BCUT2D eigenvalue weighted by molar-refractivity contribution is 5.78. The number of ether oxygens (including phenoxy) is 2. The molecule has 1 aromatic rings. The predicted molar refractivity (Wildman–Crippen MR) is 81.0 cm³/mol. The minimum atomic E-state index is -0.492. The average Bonchev–Trinajstić information content (AvgIpc) is 2.42. The van der Waals surface area contributed by atoms with Crippen LogP contribution in [0.25, 0.3) is 0 Å². The van der Waals surface area contributed by atoms with Crippen LogP contribution in [0, 0.1) is 0 Å². The standard InChI is InChI=1S/C17H24O4/c1-12(16(19)21-17(2,3)4)14-8-6-7-13(11-14)9-10-15(18)20-5/h6-8,11-12H,9-10H2,1-5H3/t12-/m0/s1. The molecule has 0 fully saturated rings. The third-order valence-electron chi connectivity index (χ3n) is 3.06. The topological polar surface area (TPSA) is 52.6 Å². The summed E-state index contributed by atoms with van der Waals surface area (Å²) in [6.45, 7) is 7.38. The van der Waals surface area contributed by atoms with E-state index in [9.17, 15) is 9.59 Å². The summed E-state index contributed by atoms with van der Waals surface area (Å²) in [5.74, 6) is -0.810. The molecular weight excluding hydrogens is 268 g/mol. The number of hydrogen-bond acceptors (Lipinski definition) is 4. The Morgan fingerprint density at radius 3 is 2.48 bits per heavy atom. The predicted octanol–water partition coefficient (Wildman–Crippen LogP) is 3.24. The molecule has 1 aromatic carbocycles. The summed E-state index contributed by atoms with van der Waals surface area (Å²) in [6, 6.07) is 7.67. The number of methoxy groups -OCH3 is 1. The van der Waals surface area contributed by atoms with Gasteiger partial charge in [-0.1, -0.05) is 24.3 Å². The van der Waals surface area contributed by atoms with Gasteiger partial charge in [0.2, 0.25) is 0 Å². The van der Waals surface area contributed by atoms with E-state index in [4.69, 9.17) is 4.74 Å². The van der Waals surface area contributed by atoms with Gasteiger partial charge in [-0.2, -0.15) is 0 Å². The highest BCUT2D eigenvalue weighted by Crippen LogP contribution is 2.21. The van der Waals surface area contributed by atoms with Crippen LogP contribution in [0.4, 0.5) is 0 Å². The van der Waals surface area contributed by atoms with Crippen molar-refractivity contribution in [3.8, 4) is 0 Å². The first-order valence-corrected chi connectivity index (χ1v) is 7.11. The molecule has 1 atom stereocenters. The first-order chi connectivity index (χ1) is 9.73. The molecule has 0 amide bonds. The van der Waals surface area contributed by atoms with Gasteiger partial charge in [0.05, 0.1) is 13.0 Å². The lowest BCUT2D eigenvalue weighted by Crippen LogP contribution is -2.26. The maximum absolute atomic E-state index is 12.1. The lowest BCUT2D eigenvalue weighted by Gasteiger charge is -2.22. The number of carbonyl (C=O) groups excluding carboxylic acids is 2. The summed E-state index contributed by atoms with van der Waals surface area (Å²) >= 11 is 0. The largest absolute Gasteiger partial charge is 0.469 e. The second-order valence-corrected chi connectivity index (χ2v) is 6.08. The molecule has 0 aliphatic rings. The normalized spacial score (nSPS) is 12.6. The van der Waals surface area contributed by atoms with Gasteiger partial charge in [0, 0.05) is 6.42 Å². The minimum Gasteiger partial charge on any atom is -0.469 e. The fourth-order valence-electron chi connectivity index (χ4n) is 1.89. The van der Waals surface area contributed by atoms with E-state index in [0.29, 0.717) is 12.8 Å². The third kappa shape index (κ3) is 5.98. The fourth-order valence-corrected chi connectivity index (χ4v) is 1.89. The monoisotopic (exact) mass is 292 g/mol. The molecule has 1 rings (SSSR count). The van der Waals surface area contributed by atoms with E-state index in [2.05, 4.69) is 4.74 Å². The number of hydrogen-bond donors (Lipinski definition) is 0. The van der Waals surface area contributed by atoms with Gasteiger partial charge in [-0.05, 0) is 45.2 Å². The fraction of sp³-hybridized carbons (Fsp3) is 0.529. The number of carbonyl (C=O) groups is 2.